The summed E-state index contributed by atoms with van der Waals surface area (Å²) in [7, 11) is 0. The van der Waals surface area contributed by atoms with Gasteiger partial charge in [0.2, 0.25) is 0 Å². The highest BCUT2D eigenvalue weighted by molar-refractivity contribution is 6.06. The zero-order valence-corrected chi connectivity index (χ0v) is 14.7. The van der Waals surface area contributed by atoms with E-state index in [2.05, 4.69) is 10.6 Å². The molecule has 0 aliphatic heterocycles. The van der Waals surface area contributed by atoms with Gasteiger partial charge in [0.25, 0.3) is 0 Å². The molecule has 5 heteroatoms. The van der Waals surface area contributed by atoms with Crippen molar-refractivity contribution in [2.45, 2.75) is 12.5 Å². The summed E-state index contributed by atoms with van der Waals surface area (Å²) in [4.78, 5) is 12.3. The van der Waals surface area contributed by atoms with Crippen molar-refractivity contribution >= 4 is 33.7 Å². The molecule has 0 fully saturated rings. The van der Waals surface area contributed by atoms with Crippen LogP contribution in [0.25, 0.3) is 21.9 Å². The van der Waals surface area contributed by atoms with Gasteiger partial charge in [0.1, 0.15) is 11.2 Å². The summed E-state index contributed by atoms with van der Waals surface area (Å²) in [5, 5.41) is 17.2. The number of amides is 2. The first-order valence-electron chi connectivity index (χ1n) is 8.86. The van der Waals surface area contributed by atoms with E-state index in [1.807, 2.05) is 66.7 Å². The van der Waals surface area contributed by atoms with E-state index in [4.69, 9.17) is 4.42 Å². The van der Waals surface area contributed by atoms with Crippen LogP contribution in [-0.4, -0.2) is 23.8 Å². The van der Waals surface area contributed by atoms with Crippen LogP contribution in [0.5, 0.6) is 0 Å². The smallest absolute Gasteiger partial charge is 0.319 e. The number of rotatable bonds is 5. The Morgan fingerprint density at radius 1 is 0.926 bits per heavy atom. The Balaban J connectivity index is 1.46. The molecule has 0 radical (unpaired) electrons. The lowest BCUT2D eigenvalue weighted by Crippen LogP contribution is -2.41. The van der Waals surface area contributed by atoms with E-state index in [-0.39, 0.29) is 18.7 Å². The summed E-state index contributed by atoms with van der Waals surface area (Å²) in [5.74, 6) is 0. The Kier molecular flexibility index (Phi) is 4.77. The van der Waals surface area contributed by atoms with Gasteiger partial charge in [-0.3, -0.25) is 0 Å². The largest absolute Gasteiger partial charge is 0.456 e. The number of carbonyl (C=O) groups excluding carboxylic acids is 1. The quantitative estimate of drug-likeness (QED) is 0.496. The molecule has 0 saturated carbocycles. The monoisotopic (exact) mass is 360 g/mol. The highest BCUT2D eigenvalue weighted by atomic mass is 16.3. The predicted octanol–water partition coefficient (Wildman–Crippen LogP) is 4.31. The molecule has 0 aliphatic rings. The third-order valence-corrected chi connectivity index (χ3v) is 4.52. The van der Waals surface area contributed by atoms with Gasteiger partial charge in [-0.15, -0.1) is 0 Å². The zero-order chi connectivity index (χ0) is 18.6. The van der Waals surface area contributed by atoms with Crippen LogP contribution in [0.15, 0.2) is 77.2 Å². The number of nitrogens with one attached hydrogen (secondary N) is 2. The Bertz CT molecular complexity index is 1070. The van der Waals surface area contributed by atoms with Crippen LogP contribution in [0.2, 0.25) is 0 Å². The molecule has 5 nitrogen and oxygen atoms in total. The highest BCUT2D eigenvalue weighted by Gasteiger charge is 2.13. The fourth-order valence-corrected chi connectivity index (χ4v) is 3.22. The second kappa shape index (κ2) is 7.51. The molecule has 0 spiro atoms. The number of fused-ring (bicyclic) bond motifs is 3. The molecule has 0 bridgehead atoms. The minimum Gasteiger partial charge on any atom is -0.456 e. The van der Waals surface area contributed by atoms with Gasteiger partial charge in [-0.05, 0) is 30.2 Å². The molecule has 1 atom stereocenters. The van der Waals surface area contributed by atoms with Crippen LogP contribution in [0.1, 0.15) is 5.56 Å². The van der Waals surface area contributed by atoms with Crippen LogP contribution >= 0.6 is 0 Å². The number of anilines is 1. The van der Waals surface area contributed by atoms with Crippen molar-refractivity contribution in [2.75, 3.05) is 11.9 Å². The van der Waals surface area contributed by atoms with Crippen molar-refractivity contribution in [2.24, 2.45) is 0 Å². The van der Waals surface area contributed by atoms with Crippen LogP contribution in [-0.2, 0) is 6.42 Å². The van der Waals surface area contributed by atoms with E-state index in [0.717, 1.165) is 27.5 Å². The summed E-state index contributed by atoms with van der Waals surface area (Å²) in [6.07, 6.45) is 0.563. The first kappa shape index (κ1) is 17.1. The van der Waals surface area contributed by atoms with Gasteiger partial charge in [-0.2, -0.15) is 0 Å². The molecule has 0 saturated heterocycles. The van der Waals surface area contributed by atoms with E-state index >= 15 is 0 Å². The second-order valence-electron chi connectivity index (χ2n) is 6.48. The van der Waals surface area contributed by atoms with Crippen LogP contribution in [0.4, 0.5) is 10.5 Å². The second-order valence-corrected chi connectivity index (χ2v) is 6.48. The van der Waals surface area contributed by atoms with Gasteiger partial charge in [0.15, 0.2) is 0 Å². The van der Waals surface area contributed by atoms with Crippen molar-refractivity contribution in [3.63, 3.8) is 0 Å². The average molecular weight is 360 g/mol. The van der Waals surface area contributed by atoms with Crippen molar-refractivity contribution in [1.29, 1.82) is 0 Å². The number of hydrogen-bond donors (Lipinski definition) is 3. The maximum Gasteiger partial charge on any atom is 0.319 e. The Hall–Kier alpha value is -3.31. The molecule has 136 valence electrons. The molecule has 0 aliphatic carbocycles. The summed E-state index contributed by atoms with van der Waals surface area (Å²) in [6.45, 7) is -0.134. The average Bonchev–Trinajstić information content (AvgIpc) is 3.06. The topological polar surface area (TPSA) is 74.5 Å². The lowest BCUT2D eigenvalue weighted by molar-refractivity contribution is 0.224. The number of aliphatic hydroxyl groups excluding tert-OH is 1. The lowest BCUT2D eigenvalue weighted by atomic mass is 10.1. The van der Waals surface area contributed by atoms with Crippen molar-refractivity contribution in [3.05, 3.63) is 78.4 Å². The molecule has 3 N–H and O–H groups in total. The van der Waals surface area contributed by atoms with Crippen LogP contribution in [0, 0.1) is 0 Å². The zero-order valence-electron chi connectivity index (χ0n) is 14.7. The van der Waals surface area contributed by atoms with Gasteiger partial charge in [0, 0.05) is 22.5 Å². The summed E-state index contributed by atoms with van der Waals surface area (Å²) in [5.41, 5.74) is 3.23. The van der Waals surface area contributed by atoms with Gasteiger partial charge < -0.3 is 20.2 Å². The third-order valence-electron chi connectivity index (χ3n) is 4.52. The minimum atomic E-state index is -0.361. The molecule has 4 rings (SSSR count). The van der Waals surface area contributed by atoms with Gasteiger partial charge in [-0.1, -0.05) is 48.5 Å². The van der Waals surface area contributed by atoms with E-state index < -0.39 is 0 Å². The molecule has 1 heterocycles. The molecule has 3 aromatic carbocycles. The summed E-state index contributed by atoms with van der Waals surface area (Å²) < 4.78 is 5.84. The number of carbonyl (C=O) groups is 1. The Morgan fingerprint density at radius 2 is 1.67 bits per heavy atom. The van der Waals surface area contributed by atoms with Crippen molar-refractivity contribution < 1.29 is 14.3 Å². The Morgan fingerprint density at radius 3 is 2.48 bits per heavy atom. The standard InChI is InChI=1S/C22H20N2O3/c25-14-17(12-15-6-2-1-3-7-15)24-22(26)23-16-10-11-19-18-8-4-5-9-20(18)27-21(19)13-16/h1-11,13,17,25H,12,14H2,(H2,23,24,26). The van der Waals surface area contributed by atoms with Crippen molar-refractivity contribution in [3.8, 4) is 0 Å². The number of furan rings is 1. The number of aliphatic hydroxyl groups is 1. The molecule has 27 heavy (non-hydrogen) atoms. The van der Waals surface area contributed by atoms with E-state index in [0.29, 0.717) is 12.1 Å². The number of hydrogen-bond acceptors (Lipinski definition) is 3. The van der Waals surface area contributed by atoms with Crippen LogP contribution in [0.3, 0.4) is 0 Å². The first-order chi connectivity index (χ1) is 13.2. The molecule has 1 aromatic heterocycles. The molecular formula is C22H20N2O3. The maximum atomic E-state index is 12.3. The number of urea groups is 1. The van der Waals surface area contributed by atoms with Gasteiger partial charge in [0.05, 0.1) is 12.6 Å². The van der Waals surface area contributed by atoms with Crippen molar-refractivity contribution in [1.82, 2.24) is 5.32 Å². The predicted molar refractivity (Wildman–Crippen MR) is 107 cm³/mol. The molecular weight excluding hydrogens is 340 g/mol. The molecule has 1 unspecified atom stereocenters. The fourth-order valence-electron chi connectivity index (χ4n) is 3.22. The van der Waals surface area contributed by atoms with Gasteiger partial charge in [-0.25, -0.2) is 4.79 Å². The van der Waals surface area contributed by atoms with E-state index in [9.17, 15) is 9.90 Å². The van der Waals surface area contributed by atoms with E-state index in [1.165, 1.54) is 0 Å². The van der Waals surface area contributed by atoms with E-state index in [1.54, 1.807) is 6.07 Å². The first-order valence-corrected chi connectivity index (χ1v) is 8.86. The highest BCUT2D eigenvalue weighted by Crippen LogP contribution is 2.30. The maximum absolute atomic E-state index is 12.3. The van der Waals surface area contributed by atoms with Crippen LogP contribution < -0.4 is 10.6 Å². The summed E-state index contributed by atoms with van der Waals surface area (Å²) >= 11 is 0. The Labute approximate surface area is 156 Å². The fraction of sp³-hybridized carbons (Fsp3) is 0.136. The normalized spacial score (nSPS) is 12.2. The van der Waals surface area contributed by atoms with Gasteiger partial charge >= 0.3 is 6.03 Å². The minimum absolute atomic E-state index is 0.134. The third kappa shape index (κ3) is 3.78. The molecule has 4 aromatic rings. The SMILES string of the molecule is O=C(Nc1ccc2c(c1)oc1ccccc12)NC(CO)Cc1ccccc1. The molecule has 2 amide bonds. The number of para-hydroxylation sites is 1. The number of benzene rings is 3. The summed E-state index contributed by atoms with van der Waals surface area (Å²) in [6, 6.07) is 22.4. The lowest BCUT2D eigenvalue weighted by Gasteiger charge is -2.17.